The first-order valence-corrected chi connectivity index (χ1v) is 6.19. The van der Waals surface area contributed by atoms with E-state index in [9.17, 15) is 4.79 Å². The summed E-state index contributed by atoms with van der Waals surface area (Å²) in [6.45, 7) is 4.02. The van der Waals surface area contributed by atoms with Crippen LogP contribution < -0.4 is 5.32 Å². The largest absolute Gasteiger partial charge is 0.350 e. The summed E-state index contributed by atoms with van der Waals surface area (Å²) in [6, 6.07) is 7.81. The molecular formula is C12H16BrNO. The van der Waals surface area contributed by atoms with E-state index in [2.05, 4.69) is 21.2 Å². The van der Waals surface area contributed by atoms with Crippen molar-refractivity contribution in [3.05, 3.63) is 35.4 Å². The number of aryl methyl sites for hydroxylation is 1. The first kappa shape index (κ1) is 12.2. The molecule has 82 valence electrons. The van der Waals surface area contributed by atoms with Crippen LogP contribution in [0.15, 0.2) is 24.3 Å². The lowest BCUT2D eigenvalue weighted by Crippen LogP contribution is -2.32. The second-order valence-electron chi connectivity index (χ2n) is 3.72. The molecule has 2 nitrogen and oxygen atoms in total. The van der Waals surface area contributed by atoms with Crippen molar-refractivity contribution < 1.29 is 4.79 Å². The van der Waals surface area contributed by atoms with Crippen molar-refractivity contribution in [1.29, 1.82) is 0 Å². The Balaban J connectivity index is 2.57. The fourth-order valence-corrected chi connectivity index (χ4v) is 1.93. The molecule has 0 fully saturated rings. The molecule has 0 aliphatic carbocycles. The zero-order chi connectivity index (χ0) is 11.3. The molecule has 1 aromatic rings. The van der Waals surface area contributed by atoms with Gasteiger partial charge in [0, 0.05) is 16.9 Å². The van der Waals surface area contributed by atoms with E-state index in [1.165, 1.54) is 5.56 Å². The Kier molecular flexibility index (Phi) is 4.82. The highest BCUT2D eigenvalue weighted by Crippen LogP contribution is 2.04. The summed E-state index contributed by atoms with van der Waals surface area (Å²) < 4.78 is 0. The summed E-state index contributed by atoms with van der Waals surface area (Å²) in [7, 11) is 0. The zero-order valence-corrected chi connectivity index (χ0v) is 10.7. The number of nitrogens with one attached hydrogen (secondary N) is 1. The maximum absolute atomic E-state index is 11.7. The van der Waals surface area contributed by atoms with Crippen LogP contribution in [0.2, 0.25) is 0 Å². The van der Waals surface area contributed by atoms with Gasteiger partial charge in [0.05, 0.1) is 0 Å². The molecular weight excluding hydrogens is 254 g/mol. The van der Waals surface area contributed by atoms with Crippen molar-refractivity contribution >= 4 is 21.8 Å². The maximum Gasteiger partial charge on any atom is 0.251 e. The van der Waals surface area contributed by atoms with Crippen molar-refractivity contribution in [2.45, 2.75) is 26.3 Å². The first-order valence-electron chi connectivity index (χ1n) is 5.07. The van der Waals surface area contributed by atoms with Crippen molar-refractivity contribution in [3.8, 4) is 0 Å². The number of hydrogen-bond acceptors (Lipinski definition) is 1. The van der Waals surface area contributed by atoms with Crippen LogP contribution in [0.25, 0.3) is 0 Å². The predicted molar refractivity (Wildman–Crippen MR) is 66.5 cm³/mol. The normalized spacial score (nSPS) is 12.2. The number of alkyl halides is 1. The number of halogens is 1. The van der Waals surface area contributed by atoms with Gasteiger partial charge in [-0.3, -0.25) is 4.79 Å². The Morgan fingerprint density at radius 3 is 2.53 bits per heavy atom. The summed E-state index contributed by atoms with van der Waals surface area (Å²) in [5.74, 6) is 0.00319. The SMILES string of the molecule is Cc1ccc(C(=O)NC(C)CCBr)cc1. The van der Waals surface area contributed by atoms with Gasteiger partial charge in [0.2, 0.25) is 0 Å². The Labute approximate surface area is 99.2 Å². The van der Waals surface area contributed by atoms with Crippen LogP contribution in [0, 0.1) is 6.92 Å². The number of rotatable bonds is 4. The van der Waals surface area contributed by atoms with E-state index >= 15 is 0 Å². The van der Waals surface area contributed by atoms with E-state index in [0.29, 0.717) is 0 Å². The van der Waals surface area contributed by atoms with Crippen LogP contribution in [-0.4, -0.2) is 17.3 Å². The molecule has 1 rings (SSSR count). The van der Waals surface area contributed by atoms with Gasteiger partial charge in [-0.1, -0.05) is 33.6 Å². The monoisotopic (exact) mass is 269 g/mol. The van der Waals surface area contributed by atoms with Gasteiger partial charge in [-0.25, -0.2) is 0 Å². The molecule has 1 N–H and O–H groups in total. The smallest absolute Gasteiger partial charge is 0.251 e. The second-order valence-corrected chi connectivity index (χ2v) is 4.51. The molecule has 15 heavy (non-hydrogen) atoms. The Morgan fingerprint density at radius 2 is 2.00 bits per heavy atom. The summed E-state index contributed by atoms with van der Waals surface area (Å²) in [5, 5.41) is 3.85. The molecule has 1 unspecified atom stereocenters. The van der Waals surface area contributed by atoms with E-state index in [0.717, 1.165) is 17.3 Å². The molecule has 0 aliphatic rings. The average Bonchev–Trinajstić information content (AvgIpc) is 2.18. The third-order valence-corrected chi connectivity index (χ3v) is 2.69. The van der Waals surface area contributed by atoms with Crippen LogP contribution in [0.5, 0.6) is 0 Å². The van der Waals surface area contributed by atoms with E-state index in [1.807, 2.05) is 38.1 Å². The number of benzene rings is 1. The van der Waals surface area contributed by atoms with E-state index in [4.69, 9.17) is 0 Å². The second kappa shape index (κ2) is 5.91. The highest BCUT2D eigenvalue weighted by Gasteiger charge is 2.08. The Bertz CT molecular complexity index is 321. The van der Waals surface area contributed by atoms with Gasteiger partial charge in [-0.05, 0) is 32.4 Å². The minimum atomic E-state index is 0.00319. The van der Waals surface area contributed by atoms with E-state index < -0.39 is 0 Å². The van der Waals surface area contributed by atoms with Crippen molar-refractivity contribution in [1.82, 2.24) is 5.32 Å². The number of hydrogen-bond donors (Lipinski definition) is 1. The van der Waals surface area contributed by atoms with Gasteiger partial charge in [-0.2, -0.15) is 0 Å². The van der Waals surface area contributed by atoms with Gasteiger partial charge in [0.25, 0.3) is 5.91 Å². The van der Waals surface area contributed by atoms with Gasteiger partial charge >= 0.3 is 0 Å². The molecule has 0 aromatic heterocycles. The van der Waals surface area contributed by atoms with Crippen molar-refractivity contribution in [3.63, 3.8) is 0 Å². The lowest BCUT2D eigenvalue weighted by atomic mass is 10.1. The number of amides is 1. The summed E-state index contributed by atoms with van der Waals surface area (Å²) >= 11 is 3.35. The Hall–Kier alpha value is -0.830. The fourth-order valence-electron chi connectivity index (χ4n) is 1.25. The molecule has 0 saturated carbocycles. The molecule has 0 saturated heterocycles. The summed E-state index contributed by atoms with van der Waals surface area (Å²) in [6.07, 6.45) is 0.942. The lowest BCUT2D eigenvalue weighted by Gasteiger charge is -2.12. The minimum absolute atomic E-state index is 0.00319. The predicted octanol–water partition coefficient (Wildman–Crippen LogP) is 2.90. The van der Waals surface area contributed by atoms with Crippen LogP contribution in [0.4, 0.5) is 0 Å². The van der Waals surface area contributed by atoms with Crippen LogP contribution >= 0.6 is 15.9 Å². The number of carbonyl (C=O) groups is 1. The fraction of sp³-hybridized carbons (Fsp3) is 0.417. The number of carbonyl (C=O) groups excluding carboxylic acids is 1. The van der Waals surface area contributed by atoms with Gasteiger partial charge in [0.15, 0.2) is 0 Å². The maximum atomic E-state index is 11.7. The van der Waals surface area contributed by atoms with Gasteiger partial charge in [-0.15, -0.1) is 0 Å². The quantitative estimate of drug-likeness (QED) is 0.837. The van der Waals surface area contributed by atoms with Crippen LogP contribution in [0.3, 0.4) is 0 Å². The Morgan fingerprint density at radius 1 is 1.40 bits per heavy atom. The minimum Gasteiger partial charge on any atom is -0.350 e. The molecule has 3 heteroatoms. The molecule has 1 aromatic carbocycles. The highest BCUT2D eigenvalue weighted by molar-refractivity contribution is 9.09. The molecule has 0 spiro atoms. The zero-order valence-electron chi connectivity index (χ0n) is 9.09. The topological polar surface area (TPSA) is 29.1 Å². The lowest BCUT2D eigenvalue weighted by molar-refractivity contribution is 0.0939. The summed E-state index contributed by atoms with van der Waals surface area (Å²) in [5.41, 5.74) is 1.89. The molecule has 1 amide bonds. The summed E-state index contributed by atoms with van der Waals surface area (Å²) in [4.78, 5) is 11.7. The highest BCUT2D eigenvalue weighted by atomic mass is 79.9. The van der Waals surface area contributed by atoms with Crippen LogP contribution in [-0.2, 0) is 0 Å². The average molecular weight is 270 g/mol. The van der Waals surface area contributed by atoms with Crippen molar-refractivity contribution in [2.24, 2.45) is 0 Å². The van der Waals surface area contributed by atoms with Crippen LogP contribution in [0.1, 0.15) is 29.3 Å². The molecule has 0 bridgehead atoms. The third kappa shape index (κ3) is 4.04. The van der Waals surface area contributed by atoms with E-state index in [1.54, 1.807) is 0 Å². The molecule has 0 aliphatic heterocycles. The van der Waals surface area contributed by atoms with Gasteiger partial charge in [0.1, 0.15) is 0 Å². The van der Waals surface area contributed by atoms with Gasteiger partial charge < -0.3 is 5.32 Å². The third-order valence-electron chi connectivity index (χ3n) is 2.23. The van der Waals surface area contributed by atoms with Crippen molar-refractivity contribution in [2.75, 3.05) is 5.33 Å². The van der Waals surface area contributed by atoms with E-state index in [-0.39, 0.29) is 11.9 Å². The first-order chi connectivity index (χ1) is 7.13. The molecule has 0 heterocycles. The molecule has 1 atom stereocenters. The molecule has 0 radical (unpaired) electrons. The standard InChI is InChI=1S/C12H16BrNO/c1-9-3-5-11(6-4-9)12(15)14-10(2)7-8-13/h3-6,10H,7-8H2,1-2H3,(H,14,15).